The van der Waals surface area contributed by atoms with Crippen LogP contribution in [0.5, 0.6) is 10.1 Å². The van der Waals surface area contributed by atoms with E-state index in [1.807, 2.05) is 0 Å². The summed E-state index contributed by atoms with van der Waals surface area (Å²) >= 11 is 0.788. The van der Waals surface area contributed by atoms with Crippen LogP contribution in [0.1, 0.15) is 69.7 Å². The molecule has 0 aromatic carbocycles. The Balaban J connectivity index is 0.000000331. The second-order valence-electron chi connectivity index (χ2n) is 4.27. The first-order valence-corrected chi connectivity index (χ1v) is 7.37. The normalized spacial score (nSPS) is 9.72. The number of aromatic hydroxyl groups is 2. The topological polar surface area (TPSA) is 57.5 Å². The maximum absolute atomic E-state index is 10.6. The highest BCUT2D eigenvalue weighted by molar-refractivity contribution is 7.15. The maximum Gasteiger partial charge on any atom is 0.185 e. The average Bonchev–Trinajstić information content (AvgIpc) is 2.65. The molecule has 1 aromatic heterocycles. The molecule has 0 saturated heterocycles. The van der Waals surface area contributed by atoms with E-state index in [9.17, 15) is 4.79 Å². The third-order valence-corrected chi connectivity index (χ3v) is 3.28. The van der Waals surface area contributed by atoms with Crippen LogP contribution in [-0.4, -0.2) is 16.0 Å². The highest BCUT2D eigenvalue weighted by Crippen LogP contribution is 2.33. The van der Waals surface area contributed by atoms with Gasteiger partial charge in [-0.2, -0.15) is 0 Å². The number of rotatable bonds is 6. The summed E-state index contributed by atoms with van der Waals surface area (Å²) < 4.78 is 0. The molecule has 0 aliphatic carbocycles. The molecule has 0 unspecified atom stereocenters. The van der Waals surface area contributed by atoms with Gasteiger partial charge in [-0.25, -0.2) is 0 Å². The molecule has 0 saturated carbocycles. The van der Waals surface area contributed by atoms with Crippen molar-refractivity contribution in [3.63, 3.8) is 0 Å². The standard InChI is InChI=1S/C8H18.C6H6O3S/c1-3-5-7-8-6-4-2;1-3(7)4-2-5(8)10-6(4)9/h3-8H2,1-2H3;2,8-9H,1H3. The molecule has 0 radical (unpaired) electrons. The van der Waals surface area contributed by atoms with Crippen LogP contribution in [0.4, 0.5) is 0 Å². The van der Waals surface area contributed by atoms with E-state index in [0.717, 1.165) is 11.3 Å². The Morgan fingerprint density at radius 2 is 1.61 bits per heavy atom. The Morgan fingerprint density at radius 1 is 1.11 bits per heavy atom. The van der Waals surface area contributed by atoms with Crippen LogP contribution in [0.15, 0.2) is 6.07 Å². The van der Waals surface area contributed by atoms with Crippen molar-refractivity contribution in [1.29, 1.82) is 0 Å². The van der Waals surface area contributed by atoms with Crippen molar-refractivity contribution in [1.82, 2.24) is 0 Å². The molecule has 2 N–H and O–H groups in total. The summed E-state index contributed by atoms with van der Waals surface area (Å²) in [5, 5.41) is 17.6. The predicted octanol–water partition coefficient (Wildman–Crippen LogP) is 4.73. The molecule has 0 aliphatic heterocycles. The largest absolute Gasteiger partial charge is 0.499 e. The summed E-state index contributed by atoms with van der Waals surface area (Å²) in [5.74, 6) is -0.242. The molecule has 0 amide bonds. The van der Waals surface area contributed by atoms with Gasteiger partial charge < -0.3 is 10.2 Å². The lowest BCUT2D eigenvalue weighted by atomic mass is 10.1. The number of thiophene rings is 1. The molecule has 0 aliphatic rings. The molecular formula is C14H24O3S. The minimum Gasteiger partial charge on any atom is -0.499 e. The van der Waals surface area contributed by atoms with Gasteiger partial charge in [-0.15, -0.1) is 0 Å². The second-order valence-corrected chi connectivity index (χ2v) is 5.28. The quantitative estimate of drug-likeness (QED) is 0.581. The molecule has 1 heterocycles. The van der Waals surface area contributed by atoms with E-state index >= 15 is 0 Å². The molecule has 1 rings (SSSR count). The molecule has 3 nitrogen and oxygen atoms in total. The molecular weight excluding hydrogens is 248 g/mol. The predicted molar refractivity (Wildman–Crippen MR) is 76.7 cm³/mol. The van der Waals surface area contributed by atoms with E-state index in [-0.39, 0.29) is 21.5 Å². The number of ketones is 1. The summed E-state index contributed by atoms with van der Waals surface area (Å²) in [6.45, 7) is 5.85. The van der Waals surface area contributed by atoms with Crippen LogP contribution in [-0.2, 0) is 0 Å². The van der Waals surface area contributed by atoms with Gasteiger partial charge in [0.15, 0.2) is 15.9 Å². The third-order valence-electron chi connectivity index (χ3n) is 2.54. The Kier molecular flexibility index (Phi) is 9.38. The molecule has 104 valence electrons. The summed E-state index contributed by atoms with van der Waals surface area (Å²) in [5.41, 5.74) is 0.183. The van der Waals surface area contributed by atoms with E-state index in [1.54, 1.807) is 0 Å². The Labute approximate surface area is 113 Å². The molecule has 1 aromatic rings. The molecule has 0 atom stereocenters. The van der Waals surface area contributed by atoms with Crippen molar-refractivity contribution in [2.75, 3.05) is 0 Å². The van der Waals surface area contributed by atoms with E-state index < -0.39 is 0 Å². The van der Waals surface area contributed by atoms with Gasteiger partial charge in [0.05, 0.1) is 5.56 Å². The molecule has 0 fully saturated rings. The number of Topliss-reactive ketones (excluding diaryl/α,β-unsaturated/α-hetero) is 1. The van der Waals surface area contributed by atoms with Crippen molar-refractivity contribution in [2.24, 2.45) is 0 Å². The van der Waals surface area contributed by atoms with Crippen LogP contribution >= 0.6 is 11.3 Å². The SMILES string of the molecule is CC(=O)c1cc(O)sc1O.CCCCCCCC. The molecule has 0 spiro atoms. The zero-order valence-electron chi connectivity index (χ0n) is 11.5. The number of hydrogen-bond acceptors (Lipinski definition) is 4. The summed E-state index contributed by atoms with van der Waals surface area (Å²) in [6, 6.07) is 1.25. The summed E-state index contributed by atoms with van der Waals surface area (Å²) in [4.78, 5) is 10.6. The minimum atomic E-state index is -0.242. The maximum atomic E-state index is 10.6. The van der Waals surface area contributed by atoms with Crippen molar-refractivity contribution in [3.05, 3.63) is 11.6 Å². The Bertz CT molecular complexity index is 339. The number of carbonyl (C=O) groups is 1. The first-order valence-electron chi connectivity index (χ1n) is 6.55. The second kappa shape index (κ2) is 9.95. The van der Waals surface area contributed by atoms with Gasteiger partial charge in [-0.3, -0.25) is 4.79 Å². The van der Waals surface area contributed by atoms with Crippen LogP contribution in [0.2, 0.25) is 0 Å². The van der Waals surface area contributed by atoms with E-state index in [2.05, 4.69) is 13.8 Å². The zero-order chi connectivity index (χ0) is 14.0. The van der Waals surface area contributed by atoms with Gasteiger partial charge in [-0.05, 0) is 6.92 Å². The Hall–Kier alpha value is -1.03. The first kappa shape index (κ1) is 17.0. The Morgan fingerprint density at radius 3 is 1.83 bits per heavy atom. The van der Waals surface area contributed by atoms with Crippen LogP contribution in [0.3, 0.4) is 0 Å². The monoisotopic (exact) mass is 272 g/mol. The number of unbranched alkanes of at least 4 members (excludes halogenated alkanes) is 5. The van der Waals surface area contributed by atoms with E-state index in [0.29, 0.717) is 0 Å². The third kappa shape index (κ3) is 7.33. The number of carbonyl (C=O) groups excluding carboxylic acids is 1. The molecule has 18 heavy (non-hydrogen) atoms. The van der Waals surface area contributed by atoms with Gasteiger partial charge in [0.1, 0.15) is 0 Å². The zero-order valence-corrected chi connectivity index (χ0v) is 12.3. The van der Waals surface area contributed by atoms with Crippen LogP contribution < -0.4 is 0 Å². The fourth-order valence-corrected chi connectivity index (χ4v) is 2.16. The van der Waals surface area contributed by atoms with Crippen molar-refractivity contribution in [3.8, 4) is 10.1 Å². The number of hydrogen-bond donors (Lipinski definition) is 2. The lowest BCUT2D eigenvalue weighted by Crippen LogP contribution is -1.86. The fourth-order valence-electron chi connectivity index (χ4n) is 1.47. The van der Waals surface area contributed by atoms with Gasteiger partial charge >= 0.3 is 0 Å². The van der Waals surface area contributed by atoms with Gasteiger partial charge in [-0.1, -0.05) is 63.7 Å². The van der Waals surface area contributed by atoms with Crippen molar-refractivity contribution in [2.45, 2.75) is 59.3 Å². The molecule has 4 heteroatoms. The van der Waals surface area contributed by atoms with Gasteiger partial charge in [0.2, 0.25) is 0 Å². The highest BCUT2D eigenvalue weighted by Gasteiger charge is 2.10. The summed E-state index contributed by atoms with van der Waals surface area (Å²) in [6.07, 6.45) is 8.49. The first-order chi connectivity index (χ1) is 8.52. The fraction of sp³-hybridized carbons (Fsp3) is 0.643. The van der Waals surface area contributed by atoms with Crippen molar-refractivity contribution >= 4 is 17.1 Å². The van der Waals surface area contributed by atoms with Crippen molar-refractivity contribution < 1.29 is 15.0 Å². The van der Waals surface area contributed by atoms with Gasteiger partial charge in [0, 0.05) is 6.07 Å². The van der Waals surface area contributed by atoms with Gasteiger partial charge in [0.25, 0.3) is 0 Å². The smallest absolute Gasteiger partial charge is 0.185 e. The van der Waals surface area contributed by atoms with Crippen LogP contribution in [0.25, 0.3) is 0 Å². The average molecular weight is 272 g/mol. The lowest BCUT2D eigenvalue weighted by molar-refractivity contribution is 0.101. The molecule has 0 bridgehead atoms. The highest BCUT2D eigenvalue weighted by atomic mass is 32.1. The van der Waals surface area contributed by atoms with Crippen LogP contribution in [0, 0.1) is 0 Å². The summed E-state index contributed by atoms with van der Waals surface area (Å²) in [7, 11) is 0. The minimum absolute atomic E-state index is 0.0392. The van der Waals surface area contributed by atoms with E-state index in [4.69, 9.17) is 10.2 Å². The van der Waals surface area contributed by atoms with E-state index in [1.165, 1.54) is 51.5 Å². The lowest BCUT2D eigenvalue weighted by Gasteiger charge is -1.93.